The second-order valence-electron chi connectivity index (χ2n) is 13.7. The second kappa shape index (κ2) is 17.1. The minimum atomic E-state index is -0.770. The van der Waals surface area contributed by atoms with Crippen LogP contribution in [0, 0.1) is 0 Å². The Morgan fingerprint density at radius 3 is 1.36 bits per heavy atom. The highest BCUT2D eigenvalue weighted by molar-refractivity contribution is 6.01. The van der Waals surface area contributed by atoms with E-state index in [1.807, 2.05) is 60.7 Å². The fraction of sp³-hybridized carbons (Fsp3) is 0.250. The molecule has 2 N–H and O–H groups in total. The molecule has 6 heterocycles. The van der Waals surface area contributed by atoms with Crippen molar-refractivity contribution < 1.29 is 19.2 Å². The largest absolute Gasteiger partial charge is 0.337 e. The van der Waals surface area contributed by atoms with Gasteiger partial charge in [-0.1, -0.05) is 72.8 Å². The van der Waals surface area contributed by atoms with Gasteiger partial charge in [-0.25, -0.2) is 19.3 Å². The molecule has 18 nitrogen and oxygen atoms in total. The van der Waals surface area contributed by atoms with Crippen LogP contribution in [-0.2, 0) is 35.8 Å². The lowest BCUT2D eigenvalue weighted by molar-refractivity contribution is -0.120. The third kappa shape index (κ3) is 8.65. The van der Waals surface area contributed by atoms with Crippen molar-refractivity contribution in [1.29, 1.82) is 0 Å². The summed E-state index contributed by atoms with van der Waals surface area (Å²) < 4.78 is 6.19. The standard InChI is InChI=1S/2C20H20N6O3/c2*1-24-16-8-5-9-17(27)26(16)11-10-15(20(24)29)22-19(28)18-21-13-25(23-18)12-14-6-3-2-4-7-14/h2*2-9,13,15H,10-12H2,1H3,(H,22,28)/t2*15-/m10/s1. The molecule has 0 fully saturated rings. The third-order valence-corrected chi connectivity index (χ3v) is 9.75. The summed E-state index contributed by atoms with van der Waals surface area (Å²) in [7, 11) is 3.18. The molecule has 2 aliphatic heterocycles. The smallest absolute Gasteiger partial charge is 0.291 e. The van der Waals surface area contributed by atoms with Gasteiger partial charge in [0.25, 0.3) is 22.9 Å². The highest BCUT2D eigenvalue weighted by Gasteiger charge is 2.32. The Morgan fingerprint density at radius 2 is 0.966 bits per heavy atom. The number of nitrogens with one attached hydrogen (secondary N) is 2. The lowest BCUT2D eigenvalue weighted by Gasteiger charge is -2.21. The summed E-state index contributed by atoms with van der Waals surface area (Å²) in [6.45, 7) is 1.63. The summed E-state index contributed by atoms with van der Waals surface area (Å²) in [5.74, 6) is -0.638. The molecule has 0 saturated heterocycles. The van der Waals surface area contributed by atoms with Crippen LogP contribution in [-0.4, -0.2) is 88.5 Å². The van der Waals surface area contributed by atoms with Crippen LogP contribution < -0.4 is 31.6 Å². The average Bonchev–Trinajstić information content (AvgIpc) is 3.86. The van der Waals surface area contributed by atoms with E-state index in [0.717, 1.165) is 11.1 Å². The zero-order chi connectivity index (χ0) is 40.8. The first-order valence-corrected chi connectivity index (χ1v) is 18.5. The fourth-order valence-corrected chi connectivity index (χ4v) is 6.71. The van der Waals surface area contributed by atoms with Crippen LogP contribution in [0.3, 0.4) is 0 Å². The Labute approximate surface area is 331 Å². The normalized spacial score (nSPS) is 16.2. The number of carbonyl (C=O) groups is 4. The molecule has 0 radical (unpaired) electrons. The van der Waals surface area contributed by atoms with Crippen molar-refractivity contribution in [2.75, 3.05) is 23.9 Å². The van der Waals surface area contributed by atoms with Gasteiger partial charge >= 0.3 is 0 Å². The summed E-state index contributed by atoms with van der Waals surface area (Å²) in [6, 6.07) is 27.4. The van der Waals surface area contributed by atoms with Gasteiger partial charge in [-0.2, -0.15) is 0 Å². The monoisotopic (exact) mass is 784 g/mol. The molecule has 6 aromatic rings. The van der Waals surface area contributed by atoms with Crippen LogP contribution in [0.15, 0.2) is 119 Å². The van der Waals surface area contributed by atoms with Crippen molar-refractivity contribution in [2.24, 2.45) is 0 Å². The van der Waals surface area contributed by atoms with E-state index in [1.165, 1.54) is 43.7 Å². The topological polar surface area (TPSA) is 204 Å². The number of carbonyl (C=O) groups excluding carboxylic acids is 4. The van der Waals surface area contributed by atoms with Gasteiger partial charge in [0.1, 0.15) is 36.4 Å². The van der Waals surface area contributed by atoms with Gasteiger partial charge in [-0.15, -0.1) is 10.2 Å². The van der Waals surface area contributed by atoms with Crippen molar-refractivity contribution in [3.63, 3.8) is 0 Å². The van der Waals surface area contributed by atoms with E-state index in [4.69, 9.17) is 0 Å². The molecule has 18 heteroatoms. The van der Waals surface area contributed by atoms with Gasteiger partial charge in [0.15, 0.2) is 0 Å². The Hall–Kier alpha value is -7.50. The molecule has 0 saturated carbocycles. The molecule has 58 heavy (non-hydrogen) atoms. The lowest BCUT2D eigenvalue weighted by atomic mass is 10.2. The predicted octanol–water partition coefficient (Wildman–Crippen LogP) is 1.31. The maximum Gasteiger partial charge on any atom is 0.291 e. The Balaban J connectivity index is 0.000000177. The van der Waals surface area contributed by atoms with Crippen LogP contribution in [0.25, 0.3) is 0 Å². The van der Waals surface area contributed by atoms with E-state index in [0.29, 0.717) is 50.7 Å². The molecule has 4 aromatic heterocycles. The second-order valence-corrected chi connectivity index (χ2v) is 13.7. The predicted molar refractivity (Wildman–Crippen MR) is 211 cm³/mol. The number of pyridine rings is 2. The molecule has 296 valence electrons. The number of likely N-dealkylation sites (N-methyl/N-ethyl adjacent to an activating group) is 2. The molecule has 0 unspecified atom stereocenters. The van der Waals surface area contributed by atoms with Gasteiger partial charge in [0.2, 0.25) is 23.5 Å². The first-order chi connectivity index (χ1) is 28.0. The average molecular weight is 785 g/mol. The van der Waals surface area contributed by atoms with E-state index in [9.17, 15) is 28.8 Å². The fourth-order valence-electron chi connectivity index (χ4n) is 6.71. The number of benzene rings is 2. The zero-order valence-corrected chi connectivity index (χ0v) is 31.7. The Kier molecular flexibility index (Phi) is 11.4. The van der Waals surface area contributed by atoms with Crippen molar-refractivity contribution in [3.8, 4) is 0 Å². The van der Waals surface area contributed by atoms with Gasteiger partial charge < -0.3 is 10.6 Å². The zero-order valence-electron chi connectivity index (χ0n) is 31.7. The minimum absolute atomic E-state index is 0.00434. The number of aromatic nitrogens is 8. The lowest BCUT2D eigenvalue weighted by Crippen LogP contribution is -2.47. The SMILES string of the molecule is CN1C(=O)[C@@H](NC(=O)c2ncn(Cc3ccccc3)n2)CCn2c1cccc2=O.CN1C(=O)[C@H](NC(=O)c2ncn(Cc3ccccc3)n2)CCn2c1cccc2=O. The van der Waals surface area contributed by atoms with E-state index in [1.54, 1.807) is 47.7 Å². The molecule has 2 aromatic carbocycles. The molecule has 2 aliphatic rings. The maximum atomic E-state index is 12.8. The summed E-state index contributed by atoms with van der Waals surface area (Å²) in [5, 5.41) is 13.8. The maximum absolute atomic E-state index is 12.8. The number of amides is 4. The number of rotatable bonds is 8. The number of anilines is 2. The van der Waals surface area contributed by atoms with Crippen molar-refractivity contribution >= 4 is 35.3 Å². The number of hydrogen-bond acceptors (Lipinski definition) is 10. The van der Waals surface area contributed by atoms with Crippen molar-refractivity contribution in [3.05, 3.63) is 153 Å². The van der Waals surface area contributed by atoms with E-state index < -0.39 is 23.9 Å². The molecular weight excluding hydrogens is 745 g/mol. The minimum Gasteiger partial charge on any atom is -0.337 e. The highest BCUT2D eigenvalue weighted by atomic mass is 16.2. The number of fused-ring (bicyclic) bond motifs is 2. The van der Waals surface area contributed by atoms with Crippen molar-refractivity contribution in [2.45, 2.75) is 51.1 Å². The molecule has 0 aliphatic carbocycles. The molecule has 0 bridgehead atoms. The molecule has 2 atom stereocenters. The first kappa shape index (κ1) is 38.8. The summed E-state index contributed by atoms with van der Waals surface area (Å²) in [4.78, 5) is 85.8. The van der Waals surface area contributed by atoms with E-state index in [-0.39, 0.29) is 34.6 Å². The van der Waals surface area contributed by atoms with Gasteiger partial charge in [-0.05, 0) is 36.1 Å². The molecular formula is C40H40N12O6. The quantitative estimate of drug-likeness (QED) is 0.227. The summed E-state index contributed by atoms with van der Waals surface area (Å²) in [6.07, 6.45) is 3.57. The van der Waals surface area contributed by atoms with Crippen molar-refractivity contribution in [1.82, 2.24) is 49.3 Å². The van der Waals surface area contributed by atoms with Crippen LogP contribution in [0.1, 0.15) is 45.2 Å². The first-order valence-electron chi connectivity index (χ1n) is 18.5. The number of hydrogen-bond donors (Lipinski definition) is 2. The molecule has 0 spiro atoms. The summed E-state index contributed by atoms with van der Waals surface area (Å²) >= 11 is 0. The van der Waals surface area contributed by atoms with Crippen LogP contribution in [0.2, 0.25) is 0 Å². The Bertz CT molecular complexity index is 2390. The van der Waals surface area contributed by atoms with E-state index >= 15 is 0 Å². The molecule has 4 amide bonds. The van der Waals surface area contributed by atoms with Crippen LogP contribution in [0.4, 0.5) is 11.6 Å². The Morgan fingerprint density at radius 1 is 0.569 bits per heavy atom. The number of nitrogens with zero attached hydrogens (tertiary/aromatic N) is 10. The van der Waals surface area contributed by atoms with Crippen LogP contribution >= 0.6 is 0 Å². The van der Waals surface area contributed by atoms with Crippen LogP contribution in [0.5, 0.6) is 0 Å². The third-order valence-electron chi connectivity index (χ3n) is 9.75. The van der Waals surface area contributed by atoms with E-state index in [2.05, 4.69) is 30.8 Å². The molecule has 8 rings (SSSR count). The van der Waals surface area contributed by atoms with Gasteiger partial charge in [-0.3, -0.25) is 47.7 Å². The van der Waals surface area contributed by atoms with Gasteiger partial charge in [0.05, 0.1) is 13.1 Å². The van der Waals surface area contributed by atoms with Gasteiger partial charge in [0, 0.05) is 39.3 Å². The highest BCUT2D eigenvalue weighted by Crippen LogP contribution is 2.19. The summed E-state index contributed by atoms with van der Waals surface area (Å²) in [5.41, 5.74) is 1.70.